The normalized spacial score (nSPS) is 14.2. The molecule has 0 heterocycles. The van der Waals surface area contributed by atoms with Crippen LogP contribution in [0.2, 0.25) is 0 Å². The monoisotopic (exact) mass is 410 g/mol. The molecule has 6 nitrogen and oxygen atoms in total. The Kier molecular flexibility index (Phi) is 7.33. The Morgan fingerprint density at radius 1 is 1.07 bits per heavy atom. The molecule has 0 radical (unpaired) electrons. The smallest absolute Gasteiger partial charge is 0.255 e. The first-order valence-electron chi connectivity index (χ1n) is 10.4. The lowest BCUT2D eigenvalue weighted by molar-refractivity contribution is -0.119. The van der Waals surface area contributed by atoms with E-state index in [1.165, 1.54) is 6.42 Å². The highest BCUT2D eigenvalue weighted by atomic mass is 16.5. The molecule has 3 rings (SSSR count). The standard InChI is InChI=1S/C24H30N2O4/c1-17-8-6-7-11-20(17)24(28)26(19-9-4-3-5-10-19)15-18-12-13-21(22(14-18)29-2)30-16-23(25)27/h6-8,11-14,19H,3-5,9-10,15-16H2,1-2H3,(H2,25,27). The number of nitrogens with two attached hydrogens (primary N) is 1. The van der Waals surface area contributed by atoms with Crippen molar-refractivity contribution in [1.82, 2.24) is 4.90 Å². The van der Waals surface area contributed by atoms with Gasteiger partial charge in [0.1, 0.15) is 0 Å². The van der Waals surface area contributed by atoms with E-state index < -0.39 is 5.91 Å². The van der Waals surface area contributed by atoms with Crippen LogP contribution in [0.15, 0.2) is 42.5 Å². The topological polar surface area (TPSA) is 81.9 Å². The van der Waals surface area contributed by atoms with Gasteiger partial charge in [-0.2, -0.15) is 0 Å². The van der Waals surface area contributed by atoms with Crippen molar-refractivity contribution in [1.29, 1.82) is 0 Å². The lowest BCUT2D eigenvalue weighted by Gasteiger charge is -2.35. The van der Waals surface area contributed by atoms with E-state index in [-0.39, 0.29) is 18.6 Å². The van der Waals surface area contributed by atoms with Crippen molar-refractivity contribution in [2.24, 2.45) is 5.73 Å². The number of methoxy groups -OCH3 is 1. The fourth-order valence-electron chi connectivity index (χ4n) is 4.00. The molecule has 30 heavy (non-hydrogen) atoms. The van der Waals surface area contributed by atoms with Gasteiger partial charge in [-0.1, -0.05) is 43.5 Å². The molecular weight excluding hydrogens is 380 g/mol. The number of benzene rings is 2. The molecular formula is C24H30N2O4. The maximum absolute atomic E-state index is 13.5. The molecule has 2 aromatic rings. The highest BCUT2D eigenvalue weighted by molar-refractivity contribution is 5.95. The number of rotatable bonds is 8. The third kappa shape index (κ3) is 5.32. The second-order valence-electron chi connectivity index (χ2n) is 7.78. The molecule has 0 atom stereocenters. The van der Waals surface area contributed by atoms with Gasteiger partial charge in [0.25, 0.3) is 11.8 Å². The molecule has 0 spiro atoms. The zero-order valence-electron chi connectivity index (χ0n) is 17.7. The van der Waals surface area contributed by atoms with Crippen molar-refractivity contribution in [3.63, 3.8) is 0 Å². The van der Waals surface area contributed by atoms with Crippen LogP contribution in [0.3, 0.4) is 0 Å². The van der Waals surface area contributed by atoms with E-state index in [9.17, 15) is 9.59 Å². The van der Waals surface area contributed by atoms with Crippen LogP contribution in [-0.4, -0.2) is 36.5 Å². The summed E-state index contributed by atoms with van der Waals surface area (Å²) in [6.07, 6.45) is 5.56. The van der Waals surface area contributed by atoms with Crippen LogP contribution in [0.25, 0.3) is 0 Å². The summed E-state index contributed by atoms with van der Waals surface area (Å²) in [5.41, 5.74) is 7.84. The number of ether oxygens (including phenoxy) is 2. The minimum absolute atomic E-state index is 0.0630. The Morgan fingerprint density at radius 2 is 1.80 bits per heavy atom. The number of amides is 2. The molecule has 1 aliphatic carbocycles. The van der Waals surface area contributed by atoms with Gasteiger partial charge in [0.05, 0.1) is 7.11 Å². The summed E-state index contributed by atoms with van der Waals surface area (Å²) in [5, 5.41) is 0. The molecule has 0 bridgehead atoms. The molecule has 0 aliphatic heterocycles. The lowest BCUT2D eigenvalue weighted by atomic mass is 9.93. The van der Waals surface area contributed by atoms with Gasteiger partial charge in [0.15, 0.2) is 18.1 Å². The number of nitrogens with zero attached hydrogens (tertiary/aromatic N) is 1. The van der Waals surface area contributed by atoms with Gasteiger partial charge in [-0.15, -0.1) is 0 Å². The maximum Gasteiger partial charge on any atom is 0.255 e. The molecule has 2 amide bonds. The molecule has 0 aromatic heterocycles. The predicted octanol–water partition coefficient (Wildman–Crippen LogP) is 3.84. The average molecular weight is 411 g/mol. The molecule has 160 valence electrons. The van der Waals surface area contributed by atoms with Crippen molar-refractivity contribution in [3.05, 3.63) is 59.2 Å². The van der Waals surface area contributed by atoms with Crippen molar-refractivity contribution < 1.29 is 19.1 Å². The summed E-state index contributed by atoms with van der Waals surface area (Å²) in [6.45, 7) is 2.25. The zero-order valence-corrected chi connectivity index (χ0v) is 17.7. The Morgan fingerprint density at radius 3 is 2.47 bits per heavy atom. The van der Waals surface area contributed by atoms with Crippen LogP contribution in [0.4, 0.5) is 0 Å². The number of hydrogen-bond donors (Lipinski definition) is 1. The molecule has 1 saturated carbocycles. The van der Waals surface area contributed by atoms with Gasteiger partial charge in [-0.05, 0) is 49.1 Å². The van der Waals surface area contributed by atoms with E-state index in [1.807, 2.05) is 48.2 Å². The van der Waals surface area contributed by atoms with Crippen molar-refractivity contribution in [2.45, 2.75) is 51.6 Å². The highest BCUT2D eigenvalue weighted by Gasteiger charge is 2.27. The van der Waals surface area contributed by atoms with Crippen LogP contribution < -0.4 is 15.2 Å². The minimum atomic E-state index is -0.548. The summed E-state index contributed by atoms with van der Waals surface area (Å²) in [6, 6.07) is 13.5. The minimum Gasteiger partial charge on any atom is -0.493 e. The quantitative estimate of drug-likeness (QED) is 0.717. The second-order valence-corrected chi connectivity index (χ2v) is 7.78. The Bertz CT molecular complexity index is 891. The molecule has 2 N–H and O–H groups in total. The summed E-state index contributed by atoms with van der Waals surface area (Å²) in [5.74, 6) is 0.483. The summed E-state index contributed by atoms with van der Waals surface area (Å²) in [7, 11) is 1.55. The van der Waals surface area contributed by atoms with E-state index in [0.717, 1.165) is 42.4 Å². The predicted molar refractivity (Wildman–Crippen MR) is 116 cm³/mol. The number of primary amides is 1. The fourth-order valence-corrected chi connectivity index (χ4v) is 4.00. The first-order valence-corrected chi connectivity index (χ1v) is 10.4. The summed E-state index contributed by atoms with van der Waals surface area (Å²) < 4.78 is 10.8. The maximum atomic E-state index is 13.5. The molecule has 1 fully saturated rings. The molecule has 6 heteroatoms. The van der Waals surface area contributed by atoms with E-state index in [0.29, 0.717) is 18.0 Å². The largest absolute Gasteiger partial charge is 0.493 e. The van der Waals surface area contributed by atoms with Gasteiger partial charge in [-0.25, -0.2) is 0 Å². The van der Waals surface area contributed by atoms with E-state index >= 15 is 0 Å². The zero-order chi connectivity index (χ0) is 21.5. The van der Waals surface area contributed by atoms with Crippen LogP contribution in [0.5, 0.6) is 11.5 Å². The second kappa shape index (κ2) is 10.1. The van der Waals surface area contributed by atoms with Gasteiger partial charge >= 0.3 is 0 Å². The highest BCUT2D eigenvalue weighted by Crippen LogP contribution is 2.31. The molecule has 2 aromatic carbocycles. The average Bonchev–Trinajstić information content (AvgIpc) is 2.76. The third-order valence-corrected chi connectivity index (χ3v) is 5.60. The molecule has 0 saturated heterocycles. The first kappa shape index (κ1) is 21.7. The van der Waals surface area contributed by atoms with Gasteiger partial charge in [0.2, 0.25) is 0 Å². The number of hydrogen-bond acceptors (Lipinski definition) is 4. The van der Waals surface area contributed by atoms with Crippen molar-refractivity contribution in [3.8, 4) is 11.5 Å². The van der Waals surface area contributed by atoms with E-state index in [2.05, 4.69) is 0 Å². The summed E-state index contributed by atoms with van der Waals surface area (Å²) in [4.78, 5) is 26.5. The number of carbonyl (C=O) groups excluding carboxylic acids is 2. The van der Waals surface area contributed by atoms with Gasteiger partial charge in [0, 0.05) is 18.2 Å². The fraction of sp³-hybridized carbons (Fsp3) is 0.417. The lowest BCUT2D eigenvalue weighted by Crippen LogP contribution is -2.41. The number of carbonyl (C=O) groups is 2. The Labute approximate surface area is 178 Å². The van der Waals surface area contributed by atoms with E-state index in [4.69, 9.17) is 15.2 Å². The van der Waals surface area contributed by atoms with Crippen molar-refractivity contribution >= 4 is 11.8 Å². The van der Waals surface area contributed by atoms with Crippen LogP contribution in [0.1, 0.15) is 53.6 Å². The SMILES string of the molecule is COc1cc(CN(C(=O)c2ccccc2C)C2CCCCC2)ccc1OCC(N)=O. The summed E-state index contributed by atoms with van der Waals surface area (Å²) >= 11 is 0. The van der Waals surface area contributed by atoms with Gasteiger partial charge < -0.3 is 20.1 Å². The third-order valence-electron chi connectivity index (χ3n) is 5.60. The van der Waals surface area contributed by atoms with Crippen LogP contribution in [-0.2, 0) is 11.3 Å². The van der Waals surface area contributed by atoms with Gasteiger partial charge in [-0.3, -0.25) is 9.59 Å². The van der Waals surface area contributed by atoms with Crippen LogP contribution >= 0.6 is 0 Å². The van der Waals surface area contributed by atoms with E-state index in [1.54, 1.807) is 13.2 Å². The Hall–Kier alpha value is -3.02. The van der Waals surface area contributed by atoms with Crippen molar-refractivity contribution in [2.75, 3.05) is 13.7 Å². The molecule has 0 unspecified atom stereocenters. The molecule has 1 aliphatic rings. The first-order chi connectivity index (χ1) is 14.5. The Balaban J connectivity index is 1.86. The van der Waals surface area contributed by atoms with Crippen LogP contribution in [0, 0.1) is 6.92 Å². The number of aryl methyl sites for hydroxylation is 1.